The molecule has 0 N–H and O–H groups in total. The Hall–Kier alpha value is -2.65. The number of benzene rings is 2. The maximum absolute atomic E-state index is 12.3. The molecule has 0 bridgehead atoms. The topological polar surface area (TPSA) is 47.3 Å². The second-order valence-corrected chi connectivity index (χ2v) is 6.01. The highest BCUT2D eigenvalue weighted by Gasteiger charge is 2.10. The van der Waals surface area contributed by atoms with Gasteiger partial charge in [-0.1, -0.05) is 29.8 Å². The van der Waals surface area contributed by atoms with Crippen LogP contribution in [0, 0.1) is 13.8 Å². The van der Waals surface area contributed by atoms with Crippen molar-refractivity contribution in [3.05, 3.63) is 86.2 Å². The molecule has 0 aliphatic rings. The van der Waals surface area contributed by atoms with Crippen molar-refractivity contribution in [3.8, 4) is 0 Å². The van der Waals surface area contributed by atoms with Crippen LogP contribution in [-0.2, 0) is 0 Å². The normalized spacial score (nSPS) is 11.3. The maximum Gasteiger partial charge on any atom is 0.195 e. The maximum atomic E-state index is 12.3. The van der Waals surface area contributed by atoms with Crippen LogP contribution < -0.4 is 5.43 Å². The molecule has 0 spiro atoms. The number of halogens is 1. The number of carbonyl (C=O) groups is 1. The van der Waals surface area contributed by atoms with E-state index in [0.29, 0.717) is 32.9 Å². The average Bonchev–Trinajstić information content (AvgIpc) is 2.59. The number of carbonyl (C=O) groups excluding carboxylic acids is 1. The fourth-order valence-corrected chi connectivity index (χ4v) is 2.52. The molecule has 1 aromatic heterocycles. The molecular formula is C20H15ClO3. The molecular weight excluding hydrogens is 324 g/mol. The lowest BCUT2D eigenvalue weighted by molar-refractivity contribution is 0.104. The van der Waals surface area contributed by atoms with Crippen molar-refractivity contribution in [2.45, 2.75) is 13.8 Å². The van der Waals surface area contributed by atoms with Crippen LogP contribution in [0.15, 0.2) is 57.8 Å². The van der Waals surface area contributed by atoms with Crippen LogP contribution in [-0.4, -0.2) is 5.78 Å². The Morgan fingerprint density at radius 1 is 1.08 bits per heavy atom. The zero-order valence-electron chi connectivity index (χ0n) is 13.3. The van der Waals surface area contributed by atoms with E-state index in [2.05, 4.69) is 0 Å². The van der Waals surface area contributed by atoms with Crippen LogP contribution >= 0.6 is 11.6 Å². The largest absolute Gasteiger partial charge is 0.461 e. The van der Waals surface area contributed by atoms with Crippen molar-refractivity contribution in [3.63, 3.8) is 0 Å². The third-order valence-corrected chi connectivity index (χ3v) is 4.19. The van der Waals surface area contributed by atoms with Crippen molar-refractivity contribution in [1.29, 1.82) is 0 Å². The second kappa shape index (κ2) is 6.46. The first kappa shape index (κ1) is 16.2. The summed E-state index contributed by atoms with van der Waals surface area (Å²) in [5.74, 6) is 0.415. The highest BCUT2D eigenvalue weighted by Crippen LogP contribution is 2.17. The second-order valence-electron chi connectivity index (χ2n) is 5.57. The predicted molar refractivity (Wildman–Crippen MR) is 96.8 cm³/mol. The molecule has 3 aromatic rings. The summed E-state index contributed by atoms with van der Waals surface area (Å²) in [5, 5.41) is 1.06. The molecule has 0 aliphatic carbocycles. The standard InChI is InChI=1S/C20H15ClO3/c1-12-13(2)24-19-10-6-15(11-17(19)20(12)23)18(22)9-5-14-3-7-16(21)8-4-14/h3-11H,1-2H3/b9-5+. The number of hydrogen-bond donors (Lipinski definition) is 0. The number of fused-ring (bicyclic) bond motifs is 1. The fraction of sp³-hybridized carbons (Fsp3) is 0.100. The first-order valence-corrected chi connectivity index (χ1v) is 7.85. The molecule has 3 rings (SSSR count). The van der Waals surface area contributed by atoms with Gasteiger partial charge in [0.05, 0.1) is 5.39 Å². The molecule has 1 heterocycles. The van der Waals surface area contributed by atoms with E-state index < -0.39 is 0 Å². The first-order valence-electron chi connectivity index (χ1n) is 7.48. The number of rotatable bonds is 3. The summed E-state index contributed by atoms with van der Waals surface area (Å²) in [7, 11) is 0. The van der Waals surface area contributed by atoms with Crippen LogP contribution in [0.3, 0.4) is 0 Å². The zero-order valence-corrected chi connectivity index (χ0v) is 14.1. The van der Waals surface area contributed by atoms with Gasteiger partial charge in [0.2, 0.25) is 0 Å². The number of aryl methyl sites for hydroxylation is 1. The van der Waals surface area contributed by atoms with E-state index in [9.17, 15) is 9.59 Å². The van der Waals surface area contributed by atoms with Crippen LogP contribution in [0.5, 0.6) is 0 Å². The average molecular weight is 339 g/mol. The van der Waals surface area contributed by atoms with Gasteiger partial charge in [0.1, 0.15) is 11.3 Å². The smallest absolute Gasteiger partial charge is 0.195 e. The highest BCUT2D eigenvalue weighted by atomic mass is 35.5. The van der Waals surface area contributed by atoms with E-state index in [0.717, 1.165) is 5.56 Å². The van der Waals surface area contributed by atoms with Gasteiger partial charge in [-0.25, -0.2) is 0 Å². The molecule has 0 aliphatic heterocycles. The minimum Gasteiger partial charge on any atom is -0.461 e. The number of allylic oxidation sites excluding steroid dienone is 1. The zero-order chi connectivity index (χ0) is 17.3. The Morgan fingerprint density at radius 3 is 2.50 bits per heavy atom. The summed E-state index contributed by atoms with van der Waals surface area (Å²) in [5.41, 5.74) is 2.26. The molecule has 0 fully saturated rings. The van der Waals surface area contributed by atoms with E-state index >= 15 is 0 Å². The molecule has 0 unspecified atom stereocenters. The van der Waals surface area contributed by atoms with E-state index in [1.165, 1.54) is 6.08 Å². The number of hydrogen-bond acceptors (Lipinski definition) is 3. The Balaban J connectivity index is 1.95. The summed E-state index contributed by atoms with van der Waals surface area (Å²) in [6.07, 6.45) is 3.19. The van der Waals surface area contributed by atoms with Crippen molar-refractivity contribution in [1.82, 2.24) is 0 Å². The summed E-state index contributed by atoms with van der Waals surface area (Å²) in [6.45, 7) is 3.47. The summed E-state index contributed by atoms with van der Waals surface area (Å²) < 4.78 is 5.61. The van der Waals surface area contributed by atoms with Gasteiger partial charge in [-0.15, -0.1) is 0 Å². The summed E-state index contributed by atoms with van der Waals surface area (Å²) in [6, 6.07) is 12.1. The van der Waals surface area contributed by atoms with Gasteiger partial charge in [0, 0.05) is 16.1 Å². The van der Waals surface area contributed by atoms with Crippen molar-refractivity contribution < 1.29 is 9.21 Å². The quantitative estimate of drug-likeness (QED) is 0.501. The highest BCUT2D eigenvalue weighted by molar-refractivity contribution is 6.30. The molecule has 2 aromatic carbocycles. The molecule has 0 radical (unpaired) electrons. The van der Waals surface area contributed by atoms with Crippen LogP contribution in [0.4, 0.5) is 0 Å². The molecule has 0 saturated heterocycles. The lowest BCUT2D eigenvalue weighted by Gasteiger charge is -2.04. The van der Waals surface area contributed by atoms with E-state index in [1.54, 1.807) is 50.3 Å². The van der Waals surface area contributed by atoms with Gasteiger partial charge in [-0.05, 0) is 55.8 Å². The molecule has 4 heteroatoms. The molecule has 0 saturated carbocycles. The number of ketones is 1. The molecule has 120 valence electrons. The Bertz CT molecular complexity index is 1010. The monoisotopic (exact) mass is 338 g/mol. The SMILES string of the molecule is Cc1oc2ccc(C(=O)/C=C/c3ccc(Cl)cc3)cc2c(=O)c1C. The Labute approximate surface area is 144 Å². The van der Waals surface area contributed by atoms with Crippen LogP contribution in [0.25, 0.3) is 17.0 Å². The van der Waals surface area contributed by atoms with E-state index in [-0.39, 0.29) is 11.2 Å². The first-order chi connectivity index (χ1) is 11.5. The molecule has 0 amide bonds. The predicted octanol–water partition coefficient (Wildman–Crippen LogP) is 4.96. The third kappa shape index (κ3) is 3.17. The van der Waals surface area contributed by atoms with Gasteiger partial charge in [-0.3, -0.25) is 9.59 Å². The minimum atomic E-state index is -0.176. The van der Waals surface area contributed by atoms with Gasteiger partial charge in [0.25, 0.3) is 0 Å². The van der Waals surface area contributed by atoms with Gasteiger partial charge < -0.3 is 4.42 Å². The van der Waals surface area contributed by atoms with Gasteiger partial charge in [-0.2, -0.15) is 0 Å². The van der Waals surface area contributed by atoms with Gasteiger partial charge >= 0.3 is 0 Å². The Morgan fingerprint density at radius 2 is 1.79 bits per heavy atom. The van der Waals surface area contributed by atoms with Crippen molar-refractivity contribution in [2.75, 3.05) is 0 Å². The summed E-state index contributed by atoms with van der Waals surface area (Å²) in [4.78, 5) is 24.7. The lowest BCUT2D eigenvalue weighted by Crippen LogP contribution is -2.08. The molecule has 3 nitrogen and oxygen atoms in total. The fourth-order valence-electron chi connectivity index (χ4n) is 2.40. The third-order valence-electron chi connectivity index (χ3n) is 3.94. The van der Waals surface area contributed by atoms with Crippen molar-refractivity contribution in [2.24, 2.45) is 0 Å². The molecule has 0 atom stereocenters. The van der Waals surface area contributed by atoms with Crippen molar-refractivity contribution >= 4 is 34.4 Å². The lowest BCUT2D eigenvalue weighted by atomic mass is 10.0. The van der Waals surface area contributed by atoms with Gasteiger partial charge in [0.15, 0.2) is 11.2 Å². The van der Waals surface area contributed by atoms with E-state index in [4.69, 9.17) is 16.0 Å². The Kier molecular flexibility index (Phi) is 4.36. The van der Waals surface area contributed by atoms with E-state index in [1.807, 2.05) is 12.1 Å². The van der Waals surface area contributed by atoms with Crippen LogP contribution in [0.2, 0.25) is 5.02 Å². The minimum absolute atomic E-state index is 0.106. The van der Waals surface area contributed by atoms with Crippen LogP contribution in [0.1, 0.15) is 27.2 Å². The summed E-state index contributed by atoms with van der Waals surface area (Å²) >= 11 is 5.83. The molecule has 24 heavy (non-hydrogen) atoms.